The third-order valence-corrected chi connectivity index (χ3v) is 4.87. The van der Waals surface area contributed by atoms with Crippen molar-refractivity contribution in [2.75, 3.05) is 20.8 Å². The lowest BCUT2D eigenvalue weighted by atomic mass is 10.2. The Hall–Kier alpha value is -1.16. The van der Waals surface area contributed by atoms with Crippen LogP contribution in [0.15, 0.2) is 27.6 Å². The predicted molar refractivity (Wildman–Crippen MR) is 92.5 cm³/mol. The molecule has 0 amide bonds. The molecule has 1 unspecified atom stereocenters. The lowest BCUT2D eigenvalue weighted by molar-refractivity contribution is -0.145. The van der Waals surface area contributed by atoms with E-state index >= 15 is 0 Å². The Morgan fingerprint density at radius 2 is 1.92 bits per heavy atom. The van der Waals surface area contributed by atoms with Gasteiger partial charge in [-0.3, -0.25) is 4.79 Å². The van der Waals surface area contributed by atoms with Crippen LogP contribution in [0.4, 0.5) is 0 Å². The number of esters is 1. The quantitative estimate of drug-likeness (QED) is 0.675. The summed E-state index contributed by atoms with van der Waals surface area (Å²) in [5.41, 5.74) is -0.537. The van der Waals surface area contributed by atoms with Crippen molar-refractivity contribution in [1.82, 2.24) is 4.72 Å². The summed E-state index contributed by atoms with van der Waals surface area (Å²) in [6.07, 6.45) is 0. The normalized spacial score (nSPS) is 13.4. The largest absolute Gasteiger partial charge is 0.495 e. The van der Waals surface area contributed by atoms with Crippen molar-refractivity contribution in [2.24, 2.45) is 0 Å². The molecule has 1 aromatic carbocycles. The van der Waals surface area contributed by atoms with E-state index in [0.717, 1.165) is 0 Å². The summed E-state index contributed by atoms with van der Waals surface area (Å²) in [4.78, 5) is 11.8. The third-order valence-electron chi connectivity index (χ3n) is 2.88. The molecule has 0 aromatic heterocycles. The molecule has 0 aliphatic rings. The number of benzene rings is 1. The number of hydrogen-bond acceptors (Lipinski definition) is 6. The van der Waals surface area contributed by atoms with Crippen LogP contribution in [0.25, 0.3) is 0 Å². The molecule has 136 valence electrons. The first-order valence-electron chi connectivity index (χ1n) is 7.08. The number of carbonyl (C=O) groups excluding carboxylic acids is 1. The molecule has 9 heteroatoms. The minimum absolute atomic E-state index is 0.0935. The highest BCUT2D eigenvalue weighted by atomic mass is 79.9. The molecule has 0 saturated heterocycles. The second kappa shape index (κ2) is 8.28. The summed E-state index contributed by atoms with van der Waals surface area (Å²) in [6, 6.07) is 3.37. The standard InChI is InChI=1S/C15H22BrNO6S/c1-15(2,3)23-9-11(14(18)22-5)17-24(19,20)13-8-10(16)6-7-12(13)21-4/h6-8,11,17H,9H2,1-5H3. The fraction of sp³-hybridized carbons (Fsp3) is 0.533. The van der Waals surface area contributed by atoms with Gasteiger partial charge in [-0.1, -0.05) is 15.9 Å². The second-order valence-corrected chi connectivity index (χ2v) is 8.51. The number of hydrogen-bond donors (Lipinski definition) is 1. The summed E-state index contributed by atoms with van der Waals surface area (Å²) in [7, 11) is -1.49. The van der Waals surface area contributed by atoms with Crippen LogP contribution in [0.1, 0.15) is 20.8 Å². The van der Waals surface area contributed by atoms with E-state index < -0.39 is 27.6 Å². The Kier molecular flexibility index (Phi) is 7.21. The van der Waals surface area contributed by atoms with E-state index in [0.29, 0.717) is 4.47 Å². The number of nitrogens with one attached hydrogen (secondary N) is 1. The Morgan fingerprint density at radius 3 is 2.42 bits per heavy atom. The van der Waals surface area contributed by atoms with E-state index in [9.17, 15) is 13.2 Å². The Bertz CT molecular complexity index is 684. The predicted octanol–water partition coefficient (Wildman–Crippen LogP) is 2.09. The molecule has 1 aromatic rings. The molecule has 0 aliphatic carbocycles. The number of halogens is 1. The Balaban J connectivity index is 3.11. The van der Waals surface area contributed by atoms with Crippen molar-refractivity contribution in [3.05, 3.63) is 22.7 Å². The van der Waals surface area contributed by atoms with Crippen LogP contribution < -0.4 is 9.46 Å². The smallest absolute Gasteiger partial charge is 0.326 e. The molecule has 7 nitrogen and oxygen atoms in total. The maximum Gasteiger partial charge on any atom is 0.326 e. The van der Waals surface area contributed by atoms with Gasteiger partial charge in [-0.25, -0.2) is 8.42 Å². The summed E-state index contributed by atoms with van der Waals surface area (Å²) in [5, 5.41) is 0. The number of ether oxygens (including phenoxy) is 3. The Morgan fingerprint density at radius 1 is 1.29 bits per heavy atom. The van der Waals surface area contributed by atoms with E-state index in [2.05, 4.69) is 25.4 Å². The lowest BCUT2D eigenvalue weighted by Gasteiger charge is -2.24. The first-order chi connectivity index (χ1) is 11.0. The van der Waals surface area contributed by atoms with Gasteiger partial charge in [0.2, 0.25) is 10.0 Å². The zero-order valence-electron chi connectivity index (χ0n) is 14.3. The molecule has 24 heavy (non-hydrogen) atoms. The van der Waals surface area contributed by atoms with Crippen LogP contribution in [0.3, 0.4) is 0 Å². The minimum Gasteiger partial charge on any atom is -0.495 e. The number of rotatable bonds is 7. The zero-order valence-corrected chi connectivity index (χ0v) is 16.7. The molecule has 1 atom stereocenters. The van der Waals surface area contributed by atoms with Crippen LogP contribution in [0, 0.1) is 0 Å². The summed E-state index contributed by atoms with van der Waals surface area (Å²) in [5.74, 6) is -0.581. The van der Waals surface area contributed by atoms with Gasteiger partial charge in [-0.15, -0.1) is 0 Å². The van der Waals surface area contributed by atoms with Crippen molar-refractivity contribution in [3.8, 4) is 5.75 Å². The van der Waals surface area contributed by atoms with E-state index in [4.69, 9.17) is 9.47 Å². The number of methoxy groups -OCH3 is 2. The molecule has 0 bridgehead atoms. The topological polar surface area (TPSA) is 90.9 Å². The van der Waals surface area contributed by atoms with E-state index in [-0.39, 0.29) is 17.3 Å². The van der Waals surface area contributed by atoms with Crippen molar-refractivity contribution in [2.45, 2.75) is 37.3 Å². The van der Waals surface area contributed by atoms with Gasteiger partial charge in [0.1, 0.15) is 16.7 Å². The first-order valence-corrected chi connectivity index (χ1v) is 9.35. The highest BCUT2D eigenvalue weighted by molar-refractivity contribution is 9.10. The molecule has 0 radical (unpaired) electrons. The first kappa shape index (κ1) is 20.9. The maximum absolute atomic E-state index is 12.6. The minimum atomic E-state index is -4.03. The van der Waals surface area contributed by atoms with E-state index in [1.807, 2.05) is 0 Å². The van der Waals surface area contributed by atoms with Crippen LogP contribution >= 0.6 is 15.9 Å². The van der Waals surface area contributed by atoms with Gasteiger partial charge < -0.3 is 14.2 Å². The van der Waals surface area contributed by atoms with Crippen molar-refractivity contribution in [1.29, 1.82) is 0 Å². The molecule has 0 spiro atoms. The van der Waals surface area contributed by atoms with Crippen LogP contribution in [0.2, 0.25) is 0 Å². The SMILES string of the molecule is COC(=O)C(COC(C)(C)C)NS(=O)(=O)c1cc(Br)ccc1OC. The van der Waals surface area contributed by atoms with Crippen molar-refractivity contribution < 1.29 is 27.4 Å². The summed E-state index contributed by atoms with van der Waals surface area (Å²) in [6.45, 7) is 5.24. The van der Waals surface area contributed by atoms with Crippen LogP contribution in [-0.2, 0) is 24.3 Å². The van der Waals surface area contributed by atoms with Gasteiger partial charge in [0.05, 0.1) is 26.4 Å². The summed E-state index contributed by atoms with van der Waals surface area (Å²) < 4.78 is 43.4. The van der Waals surface area contributed by atoms with E-state index in [1.165, 1.54) is 26.4 Å². The van der Waals surface area contributed by atoms with Gasteiger partial charge in [0.15, 0.2) is 0 Å². The fourth-order valence-corrected chi connectivity index (χ4v) is 3.61. The lowest BCUT2D eigenvalue weighted by Crippen LogP contribution is -2.46. The molecular weight excluding hydrogens is 402 g/mol. The van der Waals surface area contributed by atoms with Gasteiger partial charge >= 0.3 is 5.97 Å². The average Bonchev–Trinajstić information content (AvgIpc) is 2.49. The zero-order chi connectivity index (χ0) is 18.5. The number of sulfonamides is 1. The molecular formula is C15H22BrNO6S. The number of carbonyl (C=O) groups is 1. The van der Waals surface area contributed by atoms with Gasteiger partial charge in [-0.2, -0.15) is 4.72 Å². The van der Waals surface area contributed by atoms with Crippen molar-refractivity contribution in [3.63, 3.8) is 0 Å². The van der Waals surface area contributed by atoms with Crippen LogP contribution in [0.5, 0.6) is 5.75 Å². The average molecular weight is 424 g/mol. The molecule has 1 N–H and O–H groups in total. The molecule has 0 heterocycles. The molecule has 0 saturated carbocycles. The monoisotopic (exact) mass is 423 g/mol. The second-order valence-electron chi connectivity index (χ2n) is 5.92. The molecule has 0 aliphatic heterocycles. The Labute approximate surface area is 150 Å². The highest BCUT2D eigenvalue weighted by Gasteiger charge is 2.30. The maximum atomic E-state index is 12.6. The van der Waals surface area contributed by atoms with Gasteiger partial charge in [0, 0.05) is 4.47 Å². The summed E-state index contributed by atoms with van der Waals surface area (Å²) >= 11 is 3.22. The van der Waals surface area contributed by atoms with Crippen molar-refractivity contribution >= 4 is 31.9 Å². The fourth-order valence-electron chi connectivity index (χ4n) is 1.74. The van der Waals surface area contributed by atoms with Gasteiger partial charge in [0.25, 0.3) is 0 Å². The van der Waals surface area contributed by atoms with Crippen LogP contribution in [-0.4, -0.2) is 46.9 Å². The third kappa shape index (κ3) is 6.04. The molecule has 1 rings (SSSR count). The molecule has 0 fully saturated rings. The highest BCUT2D eigenvalue weighted by Crippen LogP contribution is 2.27. The van der Waals surface area contributed by atoms with E-state index in [1.54, 1.807) is 26.8 Å². The van der Waals surface area contributed by atoms with Gasteiger partial charge in [-0.05, 0) is 39.0 Å².